The minimum atomic E-state index is -0.0981. The molecule has 2 N–H and O–H groups in total. The average molecular weight is 263 g/mol. The average Bonchev–Trinajstić information content (AvgIpc) is 2.27. The predicted octanol–water partition coefficient (Wildman–Crippen LogP) is 4.05. The number of hydrogen-bond donors (Lipinski definition) is 1. The Morgan fingerprint density at radius 3 is 1.74 bits per heavy atom. The molecule has 0 bridgehead atoms. The lowest BCUT2D eigenvalue weighted by molar-refractivity contribution is -0.00244. The number of hydrogen-bond acceptors (Lipinski definition) is 2. The zero-order valence-corrected chi connectivity index (χ0v) is 13.4. The topological polar surface area (TPSA) is 35.2 Å². The third-order valence-corrected chi connectivity index (χ3v) is 3.60. The molecule has 0 saturated heterocycles. The second kappa shape index (κ2) is 5.64. The van der Waals surface area contributed by atoms with E-state index >= 15 is 0 Å². The maximum atomic E-state index is 6.37. The van der Waals surface area contributed by atoms with Crippen LogP contribution in [0.1, 0.15) is 58.7 Å². The van der Waals surface area contributed by atoms with Crippen molar-refractivity contribution >= 4 is 0 Å². The maximum absolute atomic E-state index is 6.37. The fourth-order valence-electron chi connectivity index (χ4n) is 2.42. The van der Waals surface area contributed by atoms with Crippen molar-refractivity contribution in [1.29, 1.82) is 0 Å². The summed E-state index contributed by atoms with van der Waals surface area (Å²) in [6, 6.07) is 8.50. The molecule has 2 unspecified atom stereocenters. The van der Waals surface area contributed by atoms with Gasteiger partial charge in [-0.3, -0.25) is 0 Å². The van der Waals surface area contributed by atoms with Crippen LogP contribution in [0.4, 0.5) is 0 Å². The Labute approximate surface area is 118 Å². The normalized spacial score (nSPS) is 16.2. The number of methoxy groups -OCH3 is 1. The molecule has 0 spiro atoms. The predicted molar refractivity (Wildman–Crippen MR) is 82.3 cm³/mol. The van der Waals surface area contributed by atoms with E-state index in [9.17, 15) is 0 Å². The molecule has 2 atom stereocenters. The highest BCUT2D eigenvalue weighted by molar-refractivity contribution is 5.29. The molecule has 108 valence electrons. The lowest BCUT2D eigenvalue weighted by Gasteiger charge is -2.34. The zero-order valence-electron chi connectivity index (χ0n) is 13.4. The first-order valence-corrected chi connectivity index (χ1v) is 6.96. The van der Waals surface area contributed by atoms with Crippen molar-refractivity contribution in [3.05, 3.63) is 35.4 Å². The SMILES string of the molecule is COC(C(N)c1ccc(C(C)(C)C)cc1)C(C)(C)C. The summed E-state index contributed by atoms with van der Waals surface area (Å²) in [5.74, 6) is 0. The molecule has 1 rings (SSSR count). The van der Waals surface area contributed by atoms with Crippen LogP contribution in [-0.4, -0.2) is 13.2 Å². The van der Waals surface area contributed by atoms with Crippen molar-refractivity contribution < 1.29 is 4.74 Å². The summed E-state index contributed by atoms with van der Waals surface area (Å²) in [5, 5.41) is 0. The van der Waals surface area contributed by atoms with E-state index in [1.54, 1.807) is 7.11 Å². The first kappa shape index (κ1) is 16.2. The van der Waals surface area contributed by atoms with E-state index in [-0.39, 0.29) is 23.0 Å². The van der Waals surface area contributed by atoms with Crippen LogP contribution in [0.25, 0.3) is 0 Å². The molecule has 0 aliphatic heterocycles. The molecule has 2 nitrogen and oxygen atoms in total. The van der Waals surface area contributed by atoms with Crippen LogP contribution < -0.4 is 5.73 Å². The molecule has 1 aromatic rings. The standard InChI is InChI=1S/C17H29NO/c1-16(2,3)13-10-8-12(9-11-13)14(18)15(19-7)17(4,5)6/h8-11,14-15H,18H2,1-7H3. The van der Waals surface area contributed by atoms with Crippen molar-refractivity contribution in [2.24, 2.45) is 11.1 Å². The van der Waals surface area contributed by atoms with Crippen LogP contribution in [0.5, 0.6) is 0 Å². The number of nitrogens with two attached hydrogens (primary N) is 1. The summed E-state index contributed by atoms with van der Waals surface area (Å²) >= 11 is 0. The van der Waals surface area contributed by atoms with Gasteiger partial charge in [-0.15, -0.1) is 0 Å². The molecule has 0 amide bonds. The van der Waals surface area contributed by atoms with E-state index in [1.807, 2.05) is 0 Å². The lowest BCUT2D eigenvalue weighted by atomic mass is 9.81. The molecule has 0 saturated carbocycles. The first-order valence-electron chi connectivity index (χ1n) is 6.96. The van der Waals surface area contributed by atoms with Crippen molar-refractivity contribution in [2.75, 3.05) is 7.11 Å². The van der Waals surface area contributed by atoms with Gasteiger partial charge < -0.3 is 10.5 Å². The van der Waals surface area contributed by atoms with Crippen molar-refractivity contribution in [3.8, 4) is 0 Å². The molecule has 2 heteroatoms. The highest BCUT2D eigenvalue weighted by Crippen LogP contribution is 2.32. The maximum Gasteiger partial charge on any atom is 0.0811 e. The molecule has 0 radical (unpaired) electrons. The molecular weight excluding hydrogens is 234 g/mol. The highest BCUT2D eigenvalue weighted by Gasteiger charge is 2.31. The van der Waals surface area contributed by atoms with E-state index in [2.05, 4.69) is 65.8 Å². The van der Waals surface area contributed by atoms with Gasteiger partial charge in [-0.25, -0.2) is 0 Å². The Morgan fingerprint density at radius 1 is 0.947 bits per heavy atom. The second-order valence-electron chi connectivity index (χ2n) is 7.42. The summed E-state index contributed by atoms with van der Waals surface area (Å²) in [4.78, 5) is 0. The molecule has 0 fully saturated rings. The van der Waals surface area contributed by atoms with Gasteiger partial charge in [-0.2, -0.15) is 0 Å². The second-order valence-corrected chi connectivity index (χ2v) is 7.42. The van der Waals surface area contributed by atoms with Gasteiger partial charge in [0.2, 0.25) is 0 Å². The Hall–Kier alpha value is -0.860. The lowest BCUT2D eigenvalue weighted by Crippen LogP contribution is -2.38. The van der Waals surface area contributed by atoms with Gasteiger partial charge in [-0.05, 0) is 22.0 Å². The van der Waals surface area contributed by atoms with Gasteiger partial charge in [0.15, 0.2) is 0 Å². The van der Waals surface area contributed by atoms with Gasteiger partial charge in [0.25, 0.3) is 0 Å². The van der Waals surface area contributed by atoms with Crippen LogP contribution >= 0.6 is 0 Å². The minimum Gasteiger partial charge on any atom is -0.379 e. The van der Waals surface area contributed by atoms with Crippen LogP contribution in [0.2, 0.25) is 0 Å². The highest BCUT2D eigenvalue weighted by atomic mass is 16.5. The summed E-state index contributed by atoms with van der Waals surface area (Å²) < 4.78 is 5.60. The molecule has 19 heavy (non-hydrogen) atoms. The fourth-order valence-corrected chi connectivity index (χ4v) is 2.42. The molecule has 0 aromatic heterocycles. The Kier molecular flexibility index (Phi) is 4.81. The Bertz CT molecular complexity index is 395. The Morgan fingerprint density at radius 2 is 1.42 bits per heavy atom. The van der Waals surface area contributed by atoms with Crippen molar-refractivity contribution in [2.45, 2.75) is 59.1 Å². The fraction of sp³-hybridized carbons (Fsp3) is 0.647. The van der Waals surface area contributed by atoms with Gasteiger partial charge in [0, 0.05) is 7.11 Å². The zero-order chi connectivity index (χ0) is 14.8. The van der Waals surface area contributed by atoms with E-state index < -0.39 is 0 Å². The molecule has 0 aliphatic carbocycles. The van der Waals surface area contributed by atoms with Crippen molar-refractivity contribution in [1.82, 2.24) is 0 Å². The van der Waals surface area contributed by atoms with Gasteiger partial charge in [0.05, 0.1) is 12.1 Å². The first-order chi connectivity index (χ1) is 8.57. The summed E-state index contributed by atoms with van der Waals surface area (Å²) in [6.07, 6.45) is 0.00740. The van der Waals surface area contributed by atoms with Crippen molar-refractivity contribution in [3.63, 3.8) is 0 Å². The van der Waals surface area contributed by atoms with Gasteiger partial charge in [-0.1, -0.05) is 65.8 Å². The molecule has 1 aromatic carbocycles. The van der Waals surface area contributed by atoms with Crippen LogP contribution in [-0.2, 0) is 10.2 Å². The smallest absolute Gasteiger partial charge is 0.0811 e. The van der Waals surface area contributed by atoms with E-state index in [0.717, 1.165) is 5.56 Å². The van der Waals surface area contributed by atoms with E-state index in [0.29, 0.717) is 0 Å². The summed E-state index contributed by atoms with van der Waals surface area (Å²) in [6.45, 7) is 13.1. The van der Waals surface area contributed by atoms with E-state index in [1.165, 1.54) is 5.56 Å². The van der Waals surface area contributed by atoms with E-state index in [4.69, 9.17) is 10.5 Å². The summed E-state index contributed by atoms with van der Waals surface area (Å²) in [5.41, 5.74) is 9.03. The quantitative estimate of drug-likeness (QED) is 0.893. The number of ether oxygens (including phenoxy) is 1. The van der Waals surface area contributed by atoms with Gasteiger partial charge in [0.1, 0.15) is 0 Å². The largest absolute Gasteiger partial charge is 0.379 e. The number of benzene rings is 1. The Balaban J connectivity index is 2.98. The van der Waals surface area contributed by atoms with Crippen LogP contribution in [0, 0.1) is 5.41 Å². The summed E-state index contributed by atoms with van der Waals surface area (Å²) in [7, 11) is 1.74. The molecular formula is C17H29NO. The molecule has 0 aliphatic rings. The third-order valence-electron chi connectivity index (χ3n) is 3.60. The van der Waals surface area contributed by atoms with Gasteiger partial charge >= 0.3 is 0 Å². The number of rotatable bonds is 3. The molecule has 0 heterocycles. The van der Waals surface area contributed by atoms with Crippen LogP contribution in [0.15, 0.2) is 24.3 Å². The third kappa shape index (κ3) is 4.05. The van der Waals surface area contributed by atoms with Crippen LogP contribution in [0.3, 0.4) is 0 Å². The minimum absolute atomic E-state index is 0.00740. The monoisotopic (exact) mass is 263 g/mol.